The van der Waals surface area contributed by atoms with E-state index in [9.17, 15) is 31.5 Å². The van der Waals surface area contributed by atoms with Crippen LogP contribution in [0.25, 0.3) is 0 Å². The van der Waals surface area contributed by atoms with Crippen molar-refractivity contribution >= 4 is 24.8 Å². The molecule has 24 heavy (non-hydrogen) atoms. The standard InChI is InChI=1S/C13H13BF5NO4/c15-12(16,13(17,18)19)4-1-5-20-11(22)8-2-3-10(14(23)24)9(6-8)7-21/h2-3,6-7,23-24H,1,4-5H2,(H,20,22). The molecule has 3 N–H and O–H groups in total. The van der Waals surface area contributed by atoms with Crippen molar-refractivity contribution in [3.8, 4) is 0 Å². The highest BCUT2D eigenvalue weighted by atomic mass is 19.4. The minimum Gasteiger partial charge on any atom is -0.423 e. The highest BCUT2D eigenvalue weighted by Gasteiger charge is 2.56. The highest BCUT2D eigenvalue weighted by Crippen LogP contribution is 2.38. The molecule has 0 bridgehead atoms. The summed E-state index contributed by atoms with van der Waals surface area (Å²) in [4.78, 5) is 22.6. The summed E-state index contributed by atoms with van der Waals surface area (Å²) in [6, 6.07) is 3.31. The van der Waals surface area contributed by atoms with E-state index in [2.05, 4.69) is 5.32 Å². The molecule has 0 heterocycles. The van der Waals surface area contributed by atoms with E-state index in [4.69, 9.17) is 10.0 Å². The van der Waals surface area contributed by atoms with Gasteiger partial charge in [0.25, 0.3) is 5.91 Å². The first-order chi connectivity index (χ1) is 11.0. The number of hydrogen-bond acceptors (Lipinski definition) is 4. The van der Waals surface area contributed by atoms with Crippen LogP contribution in [0.5, 0.6) is 0 Å². The first-order valence-electron chi connectivity index (χ1n) is 6.67. The Bertz CT molecular complexity index is 607. The predicted octanol–water partition coefficient (Wildman–Crippen LogP) is 0.886. The van der Waals surface area contributed by atoms with Crippen LogP contribution in [0, 0.1) is 0 Å². The summed E-state index contributed by atoms with van der Waals surface area (Å²) in [6.45, 7) is -0.425. The summed E-state index contributed by atoms with van der Waals surface area (Å²) < 4.78 is 61.2. The molecule has 0 fully saturated rings. The van der Waals surface area contributed by atoms with E-state index in [1.165, 1.54) is 0 Å². The summed E-state index contributed by atoms with van der Waals surface area (Å²) in [5.74, 6) is -5.63. The van der Waals surface area contributed by atoms with Crippen LogP contribution >= 0.6 is 0 Å². The van der Waals surface area contributed by atoms with Gasteiger partial charge in [0.1, 0.15) is 6.29 Å². The van der Waals surface area contributed by atoms with Gasteiger partial charge in [-0.2, -0.15) is 22.0 Å². The second-order valence-corrected chi connectivity index (χ2v) is 4.90. The fourth-order valence-corrected chi connectivity index (χ4v) is 1.81. The lowest BCUT2D eigenvalue weighted by molar-refractivity contribution is -0.284. The number of nitrogens with one attached hydrogen (secondary N) is 1. The minimum absolute atomic E-state index is 0.0796. The van der Waals surface area contributed by atoms with E-state index in [-0.39, 0.29) is 22.9 Å². The SMILES string of the molecule is O=Cc1cc(C(=O)NCCCC(F)(F)C(F)(F)F)ccc1B(O)O. The number of carbonyl (C=O) groups excluding carboxylic acids is 2. The maximum absolute atomic E-state index is 12.7. The summed E-state index contributed by atoms with van der Waals surface area (Å²) in [6.07, 6.45) is -7.43. The van der Waals surface area contributed by atoms with Crippen molar-refractivity contribution in [2.45, 2.75) is 24.9 Å². The molecule has 1 amide bonds. The third kappa shape index (κ3) is 5.00. The van der Waals surface area contributed by atoms with Crippen LogP contribution in [-0.2, 0) is 0 Å². The zero-order valence-corrected chi connectivity index (χ0v) is 12.1. The van der Waals surface area contributed by atoms with Crippen LogP contribution in [0.15, 0.2) is 18.2 Å². The van der Waals surface area contributed by atoms with Crippen LogP contribution in [0.4, 0.5) is 22.0 Å². The number of amides is 1. The van der Waals surface area contributed by atoms with Crippen LogP contribution in [-0.4, -0.2) is 48.0 Å². The molecule has 11 heteroatoms. The Balaban J connectivity index is 2.62. The molecule has 1 rings (SSSR count). The monoisotopic (exact) mass is 353 g/mol. The number of aldehydes is 1. The van der Waals surface area contributed by atoms with E-state index in [0.717, 1.165) is 18.2 Å². The molecule has 0 aliphatic heterocycles. The zero-order valence-electron chi connectivity index (χ0n) is 12.1. The number of carbonyl (C=O) groups is 2. The Morgan fingerprint density at radius 3 is 2.33 bits per heavy atom. The van der Waals surface area contributed by atoms with Gasteiger partial charge in [0.2, 0.25) is 0 Å². The van der Waals surface area contributed by atoms with Gasteiger partial charge in [-0.1, -0.05) is 6.07 Å². The van der Waals surface area contributed by atoms with Gasteiger partial charge >= 0.3 is 19.2 Å². The molecule has 1 aromatic carbocycles. The van der Waals surface area contributed by atoms with Crippen molar-refractivity contribution in [2.24, 2.45) is 0 Å². The largest absolute Gasteiger partial charge is 0.489 e. The molecule has 0 aromatic heterocycles. The van der Waals surface area contributed by atoms with Gasteiger partial charge in [-0.05, 0) is 24.0 Å². The Kier molecular flexibility index (Phi) is 6.44. The molecular formula is C13H13BF5NO4. The Morgan fingerprint density at radius 1 is 1.21 bits per heavy atom. The molecule has 0 atom stereocenters. The first-order valence-corrected chi connectivity index (χ1v) is 6.67. The molecule has 0 spiro atoms. The maximum atomic E-state index is 12.7. The number of halogens is 5. The number of benzene rings is 1. The van der Waals surface area contributed by atoms with E-state index < -0.39 is 44.5 Å². The van der Waals surface area contributed by atoms with Gasteiger partial charge in [0.05, 0.1) is 0 Å². The molecule has 1 aromatic rings. The Hall–Kier alpha value is -2.01. The van der Waals surface area contributed by atoms with Gasteiger partial charge in [-0.25, -0.2) is 0 Å². The van der Waals surface area contributed by atoms with E-state index in [1.54, 1.807) is 0 Å². The second-order valence-electron chi connectivity index (χ2n) is 4.90. The molecule has 0 aliphatic rings. The third-order valence-corrected chi connectivity index (χ3v) is 3.12. The summed E-state index contributed by atoms with van der Waals surface area (Å²) in [5, 5.41) is 20.2. The number of hydrogen-bond donors (Lipinski definition) is 3. The van der Waals surface area contributed by atoms with Crippen molar-refractivity contribution in [1.82, 2.24) is 5.32 Å². The zero-order chi connectivity index (χ0) is 18.5. The normalized spacial score (nSPS) is 12.0. The lowest BCUT2D eigenvalue weighted by atomic mass is 9.77. The molecule has 0 unspecified atom stereocenters. The van der Waals surface area contributed by atoms with Crippen molar-refractivity contribution in [3.05, 3.63) is 29.3 Å². The second kappa shape index (κ2) is 7.71. The maximum Gasteiger partial charge on any atom is 0.489 e. The lowest BCUT2D eigenvalue weighted by Crippen LogP contribution is -2.37. The van der Waals surface area contributed by atoms with Crippen molar-refractivity contribution in [3.63, 3.8) is 0 Å². The van der Waals surface area contributed by atoms with Gasteiger partial charge < -0.3 is 15.4 Å². The lowest BCUT2D eigenvalue weighted by Gasteiger charge is -2.19. The average molecular weight is 353 g/mol. The Labute approximate surface area is 133 Å². The summed E-state index contributed by atoms with van der Waals surface area (Å²) in [7, 11) is -1.92. The van der Waals surface area contributed by atoms with Crippen molar-refractivity contribution in [2.75, 3.05) is 6.54 Å². The molecule has 0 radical (unpaired) electrons. The molecular weight excluding hydrogens is 340 g/mol. The number of alkyl halides is 5. The first kappa shape index (κ1) is 20.0. The van der Waals surface area contributed by atoms with Crippen LogP contribution in [0.1, 0.15) is 33.6 Å². The molecule has 0 saturated heterocycles. The molecule has 0 saturated carbocycles. The van der Waals surface area contributed by atoms with Gasteiger partial charge in [-0.15, -0.1) is 0 Å². The number of rotatable bonds is 7. The summed E-state index contributed by atoms with van der Waals surface area (Å²) in [5.41, 5.74) is -0.378. The quantitative estimate of drug-likeness (QED) is 0.294. The predicted molar refractivity (Wildman–Crippen MR) is 74.2 cm³/mol. The smallest absolute Gasteiger partial charge is 0.423 e. The van der Waals surface area contributed by atoms with Crippen molar-refractivity contribution in [1.29, 1.82) is 0 Å². The minimum atomic E-state index is -5.64. The average Bonchev–Trinajstić information content (AvgIpc) is 2.49. The molecule has 132 valence electrons. The molecule has 5 nitrogen and oxygen atoms in total. The molecule has 0 aliphatic carbocycles. The van der Waals surface area contributed by atoms with Gasteiger partial charge in [-0.3, -0.25) is 9.59 Å². The van der Waals surface area contributed by atoms with Gasteiger partial charge in [0, 0.05) is 24.1 Å². The highest BCUT2D eigenvalue weighted by molar-refractivity contribution is 6.60. The fourth-order valence-electron chi connectivity index (χ4n) is 1.81. The van der Waals surface area contributed by atoms with Crippen LogP contribution in [0.2, 0.25) is 0 Å². The van der Waals surface area contributed by atoms with Crippen LogP contribution < -0.4 is 10.8 Å². The third-order valence-electron chi connectivity index (χ3n) is 3.12. The van der Waals surface area contributed by atoms with Crippen LogP contribution in [0.3, 0.4) is 0 Å². The van der Waals surface area contributed by atoms with E-state index in [1.807, 2.05) is 0 Å². The van der Waals surface area contributed by atoms with Gasteiger partial charge in [0.15, 0.2) is 0 Å². The van der Waals surface area contributed by atoms with Crippen molar-refractivity contribution < 1.29 is 41.6 Å². The fraction of sp³-hybridized carbons (Fsp3) is 0.385. The van der Waals surface area contributed by atoms with E-state index in [0.29, 0.717) is 0 Å². The Morgan fingerprint density at radius 2 is 1.83 bits per heavy atom. The summed E-state index contributed by atoms with van der Waals surface area (Å²) >= 11 is 0. The van der Waals surface area contributed by atoms with E-state index >= 15 is 0 Å². The topological polar surface area (TPSA) is 86.6 Å².